The molecule has 3 rings (SSSR count). The minimum absolute atomic E-state index is 0.0858. The second-order valence-electron chi connectivity index (χ2n) is 6.07. The smallest absolute Gasteiger partial charge is 0.289 e. The van der Waals surface area contributed by atoms with Gasteiger partial charge in [0.05, 0.1) is 11.7 Å². The zero-order valence-corrected chi connectivity index (χ0v) is 13.7. The number of nitrogens with one attached hydrogen (secondary N) is 1. The van der Waals surface area contributed by atoms with E-state index >= 15 is 0 Å². The zero-order chi connectivity index (χ0) is 16.9. The number of amides is 2. The average Bonchev–Trinajstić information content (AvgIpc) is 3.14. The second-order valence-corrected chi connectivity index (χ2v) is 6.07. The summed E-state index contributed by atoms with van der Waals surface area (Å²) in [4.78, 5) is 29.9. The highest BCUT2D eigenvalue weighted by Crippen LogP contribution is 2.14. The Morgan fingerprint density at radius 2 is 2.17 bits per heavy atom. The van der Waals surface area contributed by atoms with E-state index in [0.29, 0.717) is 25.2 Å². The molecule has 0 unspecified atom stereocenters. The lowest BCUT2D eigenvalue weighted by Gasteiger charge is -2.17. The van der Waals surface area contributed by atoms with Crippen LogP contribution < -0.4 is 5.32 Å². The zero-order valence-electron chi connectivity index (χ0n) is 13.7. The van der Waals surface area contributed by atoms with Gasteiger partial charge < -0.3 is 14.6 Å². The molecule has 0 saturated carbocycles. The van der Waals surface area contributed by atoms with Crippen molar-refractivity contribution in [1.29, 1.82) is 0 Å². The molecule has 1 aliphatic rings. The van der Waals surface area contributed by atoms with Gasteiger partial charge in [-0.2, -0.15) is 0 Å². The van der Waals surface area contributed by atoms with Crippen LogP contribution >= 0.6 is 0 Å². The van der Waals surface area contributed by atoms with Crippen LogP contribution in [0.5, 0.6) is 0 Å². The number of hydrogen-bond acceptors (Lipinski definition) is 4. The minimum Gasteiger partial charge on any atom is -0.438 e. The van der Waals surface area contributed by atoms with Crippen LogP contribution in [0.1, 0.15) is 34.7 Å². The van der Waals surface area contributed by atoms with Crippen molar-refractivity contribution in [2.45, 2.75) is 32.2 Å². The van der Waals surface area contributed by atoms with Gasteiger partial charge in [0.15, 0.2) is 6.39 Å². The lowest BCUT2D eigenvalue weighted by molar-refractivity contribution is -0.127. The summed E-state index contributed by atoms with van der Waals surface area (Å²) in [6.45, 7) is 2.97. The molecule has 2 amide bonds. The third-order valence-corrected chi connectivity index (χ3v) is 4.24. The molecule has 0 spiro atoms. The van der Waals surface area contributed by atoms with Gasteiger partial charge in [0.1, 0.15) is 0 Å². The van der Waals surface area contributed by atoms with Crippen molar-refractivity contribution in [2.75, 3.05) is 13.1 Å². The Bertz CT molecular complexity index is 711. The number of oxazole rings is 1. The first-order valence-electron chi connectivity index (χ1n) is 8.16. The van der Waals surface area contributed by atoms with Crippen LogP contribution in [0.2, 0.25) is 0 Å². The third-order valence-electron chi connectivity index (χ3n) is 4.24. The maximum absolute atomic E-state index is 12.1. The quantitative estimate of drug-likeness (QED) is 0.880. The van der Waals surface area contributed by atoms with Crippen molar-refractivity contribution >= 4 is 11.8 Å². The van der Waals surface area contributed by atoms with Gasteiger partial charge in [-0.25, -0.2) is 4.98 Å². The number of likely N-dealkylation sites (tertiary alicyclic amines) is 1. The summed E-state index contributed by atoms with van der Waals surface area (Å²) in [7, 11) is 0. The average molecular weight is 327 g/mol. The fourth-order valence-corrected chi connectivity index (χ4v) is 2.97. The fraction of sp³-hybridized carbons (Fsp3) is 0.389. The van der Waals surface area contributed by atoms with Crippen molar-refractivity contribution in [3.05, 3.63) is 53.7 Å². The third kappa shape index (κ3) is 3.82. The van der Waals surface area contributed by atoms with Gasteiger partial charge in [0.25, 0.3) is 5.91 Å². The first-order valence-corrected chi connectivity index (χ1v) is 8.16. The van der Waals surface area contributed by atoms with Crippen molar-refractivity contribution in [3.63, 3.8) is 0 Å². The number of carbonyl (C=O) groups excluding carboxylic acids is 2. The summed E-state index contributed by atoms with van der Waals surface area (Å²) >= 11 is 0. The van der Waals surface area contributed by atoms with Crippen molar-refractivity contribution in [2.24, 2.45) is 0 Å². The normalized spacial score (nSPS) is 17.3. The van der Waals surface area contributed by atoms with Crippen LogP contribution in [-0.2, 0) is 11.2 Å². The van der Waals surface area contributed by atoms with E-state index in [2.05, 4.69) is 22.4 Å². The van der Waals surface area contributed by atoms with E-state index < -0.39 is 0 Å². The highest BCUT2D eigenvalue weighted by Gasteiger charge is 2.31. The molecule has 2 heterocycles. The van der Waals surface area contributed by atoms with Gasteiger partial charge in [0.2, 0.25) is 11.7 Å². The number of rotatable bonds is 6. The largest absolute Gasteiger partial charge is 0.438 e. The number of aromatic nitrogens is 1. The number of nitrogens with zero attached hydrogens (tertiary/aromatic N) is 2. The highest BCUT2D eigenvalue weighted by molar-refractivity contribution is 5.93. The summed E-state index contributed by atoms with van der Waals surface area (Å²) in [6.07, 6.45) is 3.45. The van der Waals surface area contributed by atoms with Crippen molar-refractivity contribution in [1.82, 2.24) is 15.2 Å². The topological polar surface area (TPSA) is 75.4 Å². The molecular weight excluding hydrogens is 306 g/mol. The Morgan fingerprint density at radius 1 is 1.38 bits per heavy atom. The Morgan fingerprint density at radius 3 is 2.88 bits per heavy atom. The molecule has 0 aliphatic carbocycles. The van der Waals surface area contributed by atoms with Gasteiger partial charge in [-0.1, -0.05) is 30.3 Å². The molecule has 1 N–H and O–H groups in total. The lowest BCUT2D eigenvalue weighted by atomic mass is 10.1. The second kappa shape index (κ2) is 7.29. The lowest BCUT2D eigenvalue weighted by Crippen LogP contribution is -2.37. The summed E-state index contributed by atoms with van der Waals surface area (Å²) < 4.78 is 5.08. The Kier molecular flexibility index (Phi) is 4.93. The SMILES string of the molecule is Cc1ncoc1C(=O)N[C@H]1CC(=O)N(CCCc2ccccc2)C1. The van der Waals surface area contributed by atoms with E-state index in [1.54, 1.807) is 6.92 Å². The van der Waals surface area contributed by atoms with E-state index in [4.69, 9.17) is 4.42 Å². The van der Waals surface area contributed by atoms with Crippen molar-refractivity contribution < 1.29 is 14.0 Å². The van der Waals surface area contributed by atoms with E-state index in [1.807, 2.05) is 23.1 Å². The molecule has 6 nitrogen and oxygen atoms in total. The highest BCUT2D eigenvalue weighted by atomic mass is 16.3. The molecule has 1 atom stereocenters. The number of carbonyl (C=O) groups is 2. The molecule has 6 heteroatoms. The summed E-state index contributed by atoms with van der Waals surface area (Å²) in [5.74, 6) is -0.0124. The Labute approximate surface area is 140 Å². The predicted octanol–water partition coefficient (Wildman–Crippen LogP) is 1.95. The van der Waals surface area contributed by atoms with E-state index in [9.17, 15) is 9.59 Å². The molecule has 1 aromatic carbocycles. The maximum Gasteiger partial charge on any atom is 0.289 e. The Hall–Kier alpha value is -2.63. The monoisotopic (exact) mass is 327 g/mol. The first-order chi connectivity index (χ1) is 11.6. The molecule has 1 aromatic heterocycles. The van der Waals surface area contributed by atoms with E-state index in [0.717, 1.165) is 12.8 Å². The molecular formula is C18H21N3O3. The van der Waals surface area contributed by atoms with Gasteiger partial charge >= 0.3 is 0 Å². The molecule has 126 valence electrons. The van der Waals surface area contributed by atoms with Crippen LogP contribution in [0.15, 0.2) is 41.1 Å². The number of aryl methyl sites for hydroxylation is 2. The first kappa shape index (κ1) is 16.2. The summed E-state index contributed by atoms with van der Waals surface area (Å²) in [5.41, 5.74) is 1.83. The summed E-state index contributed by atoms with van der Waals surface area (Å²) in [6, 6.07) is 10.0. The van der Waals surface area contributed by atoms with Crippen molar-refractivity contribution in [3.8, 4) is 0 Å². The van der Waals surface area contributed by atoms with Gasteiger partial charge in [-0.05, 0) is 25.3 Å². The number of benzene rings is 1. The standard InChI is InChI=1S/C18H21N3O3/c1-13-17(24-12-19-13)18(23)20-15-10-16(22)21(11-15)9-5-8-14-6-3-2-4-7-14/h2-4,6-7,12,15H,5,8-11H2,1H3,(H,20,23)/t15-/m0/s1. The summed E-state index contributed by atoms with van der Waals surface area (Å²) in [5, 5.41) is 2.86. The van der Waals surface area contributed by atoms with Gasteiger partial charge in [-0.3, -0.25) is 9.59 Å². The Balaban J connectivity index is 1.47. The van der Waals surface area contributed by atoms with Crippen LogP contribution in [0.25, 0.3) is 0 Å². The molecule has 24 heavy (non-hydrogen) atoms. The number of hydrogen-bond donors (Lipinski definition) is 1. The fourth-order valence-electron chi connectivity index (χ4n) is 2.97. The minimum atomic E-state index is -0.311. The maximum atomic E-state index is 12.1. The van der Waals surface area contributed by atoms with E-state index in [1.165, 1.54) is 12.0 Å². The van der Waals surface area contributed by atoms with Crippen LogP contribution in [0.4, 0.5) is 0 Å². The van der Waals surface area contributed by atoms with Gasteiger partial charge in [-0.15, -0.1) is 0 Å². The molecule has 2 aromatic rings. The van der Waals surface area contributed by atoms with Crippen LogP contribution in [0, 0.1) is 6.92 Å². The molecule has 1 fully saturated rings. The predicted molar refractivity (Wildman–Crippen MR) is 88.5 cm³/mol. The molecule has 1 saturated heterocycles. The molecule has 0 bridgehead atoms. The van der Waals surface area contributed by atoms with Crippen LogP contribution in [0.3, 0.4) is 0 Å². The molecule has 0 radical (unpaired) electrons. The van der Waals surface area contributed by atoms with Gasteiger partial charge in [0, 0.05) is 19.5 Å². The molecule has 1 aliphatic heterocycles. The van der Waals surface area contributed by atoms with Crippen LogP contribution in [-0.4, -0.2) is 40.8 Å². The van der Waals surface area contributed by atoms with E-state index in [-0.39, 0.29) is 23.6 Å².